The Bertz CT molecular complexity index is 279. The summed E-state index contributed by atoms with van der Waals surface area (Å²) in [5, 5.41) is 0. The van der Waals surface area contributed by atoms with Crippen molar-refractivity contribution in [1.29, 1.82) is 0 Å². The predicted molar refractivity (Wildman–Crippen MR) is 47.4 cm³/mol. The van der Waals surface area contributed by atoms with Crippen LogP contribution >= 0.6 is 0 Å². The van der Waals surface area contributed by atoms with Gasteiger partial charge in [0.05, 0.1) is 12.0 Å². The standard InChI is InChI=1S/C9H15N3/c1-6-3-7(6)9(10)8-4-11-5-12(8)2/h4-7,9H,3,10H2,1-2H3. The minimum absolute atomic E-state index is 0.187. The van der Waals surface area contributed by atoms with Crippen LogP contribution in [0.25, 0.3) is 0 Å². The molecule has 3 unspecified atom stereocenters. The van der Waals surface area contributed by atoms with Crippen molar-refractivity contribution in [2.75, 3.05) is 0 Å². The minimum Gasteiger partial charge on any atom is -0.336 e. The molecule has 1 fully saturated rings. The Balaban J connectivity index is 2.14. The average molecular weight is 165 g/mol. The highest BCUT2D eigenvalue weighted by molar-refractivity contribution is 5.09. The second-order valence-corrected chi connectivity index (χ2v) is 3.83. The second kappa shape index (κ2) is 2.59. The largest absolute Gasteiger partial charge is 0.336 e. The normalized spacial score (nSPS) is 30.2. The second-order valence-electron chi connectivity index (χ2n) is 3.83. The molecule has 3 heteroatoms. The molecule has 3 nitrogen and oxygen atoms in total. The maximum Gasteiger partial charge on any atom is 0.0946 e. The number of hydrogen-bond donors (Lipinski definition) is 1. The fourth-order valence-corrected chi connectivity index (χ4v) is 1.76. The van der Waals surface area contributed by atoms with Crippen LogP contribution in [0.4, 0.5) is 0 Å². The number of imidazole rings is 1. The van der Waals surface area contributed by atoms with Gasteiger partial charge in [-0.2, -0.15) is 0 Å². The lowest BCUT2D eigenvalue weighted by atomic mass is 10.1. The number of rotatable bonds is 2. The zero-order valence-electron chi connectivity index (χ0n) is 7.57. The molecule has 0 aromatic carbocycles. The van der Waals surface area contributed by atoms with Gasteiger partial charge in [0, 0.05) is 19.3 Å². The van der Waals surface area contributed by atoms with E-state index < -0.39 is 0 Å². The summed E-state index contributed by atoms with van der Waals surface area (Å²) in [6, 6.07) is 0.187. The number of hydrogen-bond acceptors (Lipinski definition) is 2. The monoisotopic (exact) mass is 165 g/mol. The Hall–Kier alpha value is -0.830. The lowest BCUT2D eigenvalue weighted by Gasteiger charge is -2.10. The van der Waals surface area contributed by atoms with E-state index in [2.05, 4.69) is 11.9 Å². The zero-order valence-corrected chi connectivity index (χ0v) is 7.57. The number of aryl methyl sites for hydroxylation is 1. The molecule has 0 bridgehead atoms. The maximum absolute atomic E-state index is 6.08. The van der Waals surface area contributed by atoms with Crippen LogP contribution in [0.2, 0.25) is 0 Å². The fraction of sp³-hybridized carbons (Fsp3) is 0.667. The summed E-state index contributed by atoms with van der Waals surface area (Å²) in [7, 11) is 2.00. The summed E-state index contributed by atoms with van der Waals surface area (Å²) in [6.07, 6.45) is 4.95. The molecule has 1 saturated carbocycles. The van der Waals surface area contributed by atoms with Crippen molar-refractivity contribution >= 4 is 0 Å². The van der Waals surface area contributed by atoms with Gasteiger partial charge in [-0.25, -0.2) is 4.98 Å². The van der Waals surface area contributed by atoms with Crippen molar-refractivity contribution in [2.45, 2.75) is 19.4 Å². The Kier molecular flexibility index (Phi) is 1.68. The summed E-state index contributed by atoms with van der Waals surface area (Å²) < 4.78 is 2.01. The van der Waals surface area contributed by atoms with E-state index in [1.807, 2.05) is 24.1 Å². The van der Waals surface area contributed by atoms with E-state index in [1.54, 1.807) is 0 Å². The lowest BCUT2D eigenvalue weighted by molar-refractivity contribution is 0.558. The summed E-state index contributed by atoms with van der Waals surface area (Å²) in [6.45, 7) is 2.25. The number of nitrogens with zero attached hydrogens (tertiary/aromatic N) is 2. The molecule has 1 aromatic heterocycles. The third-order valence-electron chi connectivity index (χ3n) is 2.83. The van der Waals surface area contributed by atoms with E-state index in [1.165, 1.54) is 6.42 Å². The summed E-state index contributed by atoms with van der Waals surface area (Å²) in [5.41, 5.74) is 7.23. The molecular formula is C9H15N3. The van der Waals surface area contributed by atoms with Crippen LogP contribution in [0.5, 0.6) is 0 Å². The molecular weight excluding hydrogens is 150 g/mol. The molecule has 0 aliphatic heterocycles. The van der Waals surface area contributed by atoms with Crippen molar-refractivity contribution in [3.63, 3.8) is 0 Å². The highest BCUT2D eigenvalue weighted by Crippen LogP contribution is 2.45. The van der Waals surface area contributed by atoms with E-state index in [0.29, 0.717) is 5.92 Å². The molecule has 0 saturated heterocycles. The molecule has 1 aromatic rings. The maximum atomic E-state index is 6.08. The third kappa shape index (κ3) is 1.14. The summed E-state index contributed by atoms with van der Waals surface area (Å²) in [4.78, 5) is 4.06. The molecule has 1 heterocycles. The first-order chi connectivity index (χ1) is 5.70. The van der Waals surface area contributed by atoms with Crippen molar-refractivity contribution in [1.82, 2.24) is 9.55 Å². The van der Waals surface area contributed by atoms with Gasteiger partial charge < -0.3 is 10.3 Å². The van der Waals surface area contributed by atoms with Gasteiger partial charge in [0.25, 0.3) is 0 Å². The van der Waals surface area contributed by atoms with Crippen LogP contribution in [-0.4, -0.2) is 9.55 Å². The van der Waals surface area contributed by atoms with Gasteiger partial charge >= 0.3 is 0 Å². The molecule has 12 heavy (non-hydrogen) atoms. The van der Waals surface area contributed by atoms with Gasteiger partial charge in [-0.1, -0.05) is 6.92 Å². The van der Waals surface area contributed by atoms with E-state index in [0.717, 1.165) is 11.6 Å². The van der Waals surface area contributed by atoms with Gasteiger partial charge in [0.2, 0.25) is 0 Å². The SMILES string of the molecule is CC1CC1C(N)c1cncn1C. The van der Waals surface area contributed by atoms with Crippen molar-refractivity contribution in [2.24, 2.45) is 24.6 Å². The number of aromatic nitrogens is 2. The Morgan fingerprint density at radius 3 is 2.83 bits per heavy atom. The Morgan fingerprint density at radius 1 is 1.75 bits per heavy atom. The van der Waals surface area contributed by atoms with Crippen LogP contribution in [0.15, 0.2) is 12.5 Å². The Morgan fingerprint density at radius 2 is 2.42 bits per heavy atom. The molecule has 0 radical (unpaired) electrons. The molecule has 1 aliphatic carbocycles. The van der Waals surface area contributed by atoms with Crippen molar-refractivity contribution in [3.05, 3.63) is 18.2 Å². The predicted octanol–water partition coefficient (Wildman–Crippen LogP) is 1.08. The van der Waals surface area contributed by atoms with Crippen LogP contribution in [0.3, 0.4) is 0 Å². The highest BCUT2D eigenvalue weighted by atomic mass is 15.0. The van der Waals surface area contributed by atoms with E-state index in [-0.39, 0.29) is 6.04 Å². The smallest absolute Gasteiger partial charge is 0.0946 e. The molecule has 2 rings (SSSR count). The molecule has 66 valence electrons. The molecule has 3 atom stereocenters. The molecule has 1 aliphatic rings. The summed E-state index contributed by atoms with van der Waals surface area (Å²) >= 11 is 0. The van der Waals surface area contributed by atoms with E-state index in [9.17, 15) is 0 Å². The first kappa shape index (κ1) is 7.80. The summed E-state index contributed by atoms with van der Waals surface area (Å²) in [5.74, 6) is 1.48. The van der Waals surface area contributed by atoms with Crippen LogP contribution in [0.1, 0.15) is 25.1 Å². The van der Waals surface area contributed by atoms with E-state index >= 15 is 0 Å². The van der Waals surface area contributed by atoms with E-state index in [4.69, 9.17) is 5.73 Å². The van der Waals surface area contributed by atoms with Crippen LogP contribution < -0.4 is 5.73 Å². The molecule has 0 amide bonds. The van der Waals surface area contributed by atoms with Crippen LogP contribution in [0, 0.1) is 11.8 Å². The van der Waals surface area contributed by atoms with Crippen LogP contribution in [-0.2, 0) is 7.05 Å². The van der Waals surface area contributed by atoms with Crippen molar-refractivity contribution in [3.8, 4) is 0 Å². The van der Waals surface area contributed by atoms with Gasteiger partial charge in [-0.15, -0.1) is 0 Å². The highest BCUT2D eigenvalue weighted by Gasteiger charge is 2.39. The average Bonchev–Trinajstić information content (AvgIpc) is 2.59. The quantitative estimate of drug-likeness (QED) is 0.712. The fourth-order valence-electron chi connectivity index (χ4n) is 1.76. The third-order valence-corrected chi connectivity index (χ3v) is 2.83. The Labute approximate surface area is 72.6 Å². The van der Waals surface area contributed by atoms with Crippen molar-refractivity contribution < 1.29 is 0 Å². The van der Waals surface area contributed by atoms with Gasteiger partial charge in [-0.3, -0.25) is 0 Å². The molecule has 0 spiro atoms. The molecule has 2 N–H and O–H groups in total. The lowest BCUT2D eigenvalue weighted by Crippen LogP contribution is -2.16. The van der Waals surface area contributed by atoms with Gasteiger partial charge in [-0.05, 0) is 18.3 Å². The first-order valence-electron chi connectivity index (χ1n) is 4.42. The number of nitrogens with two attached hydrogens (primary N) is 1. The van der Waals surface area contributed by atoms with Gasteiger partial charge in [0.15, 0.2) is 0 Å². The first-order valence-corrected chi connectivity index (χ1v) is 4.42. The minimum atomic E-state index is 0.187. The topological polar surface area (TPSA) is 43.8 Å². The zero-order chi connectivity index (χ0) is 8.72. The van der Waals surface area contributed by atoms with Gasteiger partial charge in [0.1, 0.15) is 0 Å².